The Bertz CT molecular complexity index is 702. The number of hydrogen-bond donors (Lipinski definition) is 2. The van der Waals surface area contributed by atoms with Crippen molar-refractivity contribution < 1.29 is 13.2 Å². The normalized spacial score (nSPS) is 18.8. The quantitative estimate of drug-likeness (QED) is 0.451. The molecule has 0 unspecified atom stereocenters. The molecular weight excluding hydrogens is 410 g/mol. The third-order valence-electron chi connectivity index (χ3n) is 5.56. The van der Waals surface area contributed by atoms with Gasteiger partial charge in [-0.25, -0.2) is 0 Å². The first-order chi connectivity index (χ1) is 14.0. The maximum Gasteiger partial charge on any atom is 0.301 e. The minimum absolute atomic E-state index is 0.164. The van der Waals surface area contributed by atoms with E-state index in [1.165, 1.54) is 43.0 Å². The van der Waals surface area contributed by atoms with Gasteiger partial charge in [-0.3, -0.25) is 4.72 Å². The maximum absolute atomic E-state index is 12.5. The van der Waals surface area contributed by atoms with Crippen LogP contribution in [0, 0.1) is 5.92 Å². The molecule has 1 aliphatic heterocycles. The van der Waals surface area contributed by atoms with Gasteiger partial charge in [0.05, 0.1) is 6.10 Å². The second kappa shape index (κ2) is 11.5. The van der Waals surface area contributed by atoms with E-state index in [0.29, 0.717) is 23.8 Å². The first-order valence-electron chi connectivity index (χ1n) is 10.9. The van der Waals surface area contributed by atoms with Gasteiger partial charge in [0, 0.05) is 30.4 Å². The first-order valence-corrected chi connectivity index (χ1v) is 12.7. The number of ether oxygens (including phenoxy) is 1. The number of hydrogen-bond acceptors (Lipinski definition) is 4. The molecule has 3 rings (SSSR count). The molecule has 0 bridgehead atoms. The summed E-state index contributed by atoms with van der Waals surface area (Å²) >= 11 is 5.85. The van der Waals surface area contributed by atoms with Crippen LogP contribution in [0.1, 0.15) is 51.4 Å². The van der Waals surface area contributed by atoms with E-state index in [-0.39, 0.29) is 6.10 Å². The lowest BCUT2D eigenvalue weighted by molar-refractivity contribution is 0.0193. The van der Waals surface area contributed by atoms with Crippen molar-refractivity contribution in [3.63, 3.8) is 0 Å². The van der Waals surface area contributed by atoms with Gasteiger partial charge < -0.3 is 10.1 Å². The van der Waals surface area contributed by atoms with Crippen LogP contribution in [0.5, 0.6) is 0 Å². The third kappa shape index (κ3) is 8.42. The molecule has 0 spiro atoms. The zero-order chi connectivity index (χ0) is 20.5. The predicted molar refractivity (Wildman–Crippen MR) is 119 cm³/mol. The highest BCUT2D eigenvalue weighted by Crippen LogP contribution is 2.27. The lowest BCUT2D eigenvalue weighted by Crippen LogP contribution is -2.43. The number of nitrogens with zero attached hydrogens (tertiary/aromatic N) is 1. The summed E-state index contributed by atoms with van der Waals surface area (Å²) in [4.78, 5) is 0. The van der Waals surface area contributed by atoms with E-state index in [2.05, 4.69) is 10.0 Å². The van der Waals surface area contributed by atoms with Crippen LogP contribution in [0.15, 0.2) is 24.3 Å². The zero-order valence-corrected chi connectivity index (χ0v) is 18.7. The lowest BCUT2D eigenvalue weighted by atomic mass is 10.1. The molecule has 0 atom stereocenters. The van der Waals surface area contributed by atoms with Gasteiger partial charge in [0.25, 0.3) is 0 Å². The van der Waals surface area contributed by atoms with Gasteiger partial charge in [-0.05, 0) is 81.8 Å². The minimum Gasteiger partial charge on any atom is -0.378 e. The van der Waals surface area contributed by atoms with Gasteiger partial charge in [-0.1, -0.05) is 24.4 Å². The molecular formula is C21H34ClN3O3S. The summed E-state index contributed by atoms with van der Waals surface area (Å²) in [5, 5.41) is 4.11. The van der Waals surface area contributed by atoms with E-state index in [0.717, 1.165) is 38.3 Å². The molecule has 2 fully saturated rings. The van der Waals surface area contributed by atoms with Crippen molar-refractivity contribution >= 4 is 27.5 Å². The summed E-state index contributed by atoms with van der Waals surface area (Å²) in [6.45, 7) is 4.08. The van der Waals surface area contributed by atoms with Crippen LogP contribution in [0.4, 0.5) is 5.69 Å². The van der Waals surface area contributed by atoms with Crippen molar-refractivity contribution in [3.8, 4) is 0 Å². The Morgan fingerprint density at radius 2 is 1.69 bits per heavy atom. The molecule has 1 aliphatic carbocycles. The fraction of sp³-hybridized carbons (Fsp3) is 0.714. The standard InChI is InChI=1S/C21H34ClN3O3S/c22-19-7-9-20(10-8-19)24-29(26,27)25-14-11-21(12-15-25)28-16-4-2-1-3-13-23-17-18-5-6-18/h7-10,18,21,23-24H,1-6,11-17H2. The van der Waals surface area contributed by atoms with Gasteiger partial charge in [0.2, 0.25) is 0 Å². The summed E-state index contributed by atoms with van der Waals surface area (Å²) < 4.78 is 35.1. The van der Waals surface area contributed by atoms with Crippen molar-refractivity contribution in [3.05, 3.63) is 29.3 Å². The van der Waals surface area contributed by atoms with Gasteiger partial charge in [-0.2, -0.15) is 12.7 Å². The average Bonchev–Trinajstić information content (AvgIpc) is 3.53. The zero-order valence-electron chi connectivity index (χ0n) is 17.1. The number of benzene rings is 1. The first kappa shape index (κ1) is 22.8. The summed E-state index contributed by atoms with van der Waals surface area (Å²) in [5.74, 6) is 0.957. The molecule has 1 aromatic rings. The molecule has 0 aromatic heterocycles. The fourth-order valence-corrected chi connectivity index (χ4v) is 4.93. The largest absolute Gasteiger partial charge is 0.378 e. The van der Waals surface area contributed by atoms with Crippen LogP contribution in [-0.2, 0) is 14.9 Å². The van der Waals surface area contributed by atoms with Crippen molar-refractivity contribution in [1.82, 2.24) is 9.62 Å². The predicted octanol–water partition coefficient (Wildman–Crippen LogP) is 4.04. The summed E-state index contributed by atoms with van der Waals surface area (Å²) in [7, 11) is -3.54. The highest BCUT2D eigenvalue weighted by molar-refractivity contribution is 7.90. The highest BCUT2D eigenvalue weighted by Gasteiger charge is 2.28. The number of piperidine rings is 1. The molecule has 8 heteroatoms. The second-order valence-corrected chi connectivity index (χ2v) is 10.3. The summed E-state index contributed by atoms with van der Waals surface area (Å²) in [6, 6.07) is 6.67. The van der Waals surface area contributed by atoms with Crippen LogP contribution in [0.3, 0.4) is 0 Å². The highest BCUT2D eigenvalue weighted by atomic mass is 35.5. The number of rotatable bonds is 13. The third-order valence-corrected chi connectivity index (χ3v) is 7.35. The van der Waals surface area contributed by atoms with Crippen molar-refractivity contribution in [2.75, 3.05) is 37.5 Å². The van der Waals surface area contributed by atoms with Crippen LogP contribution < -0.4 is 10.0 Å². The molecule has 6 nitrogen and oxygen atoms in total. The molecule has 1 saturated heterocycles. The summed E-state index contributed by atoms with van der Waals surface area (Å²) in [5.41, 5.74) is 0.524. The Morgan fingerprint density at radius 3 is 2.38 bits per heavy atom. The average molecular weight is 444 g/mol. The molecule has 1 aromatic carbocycles. The molecule has 0 amide bonds. The Kier molecular flexibility index (Phi) is 9.06. The lowest BCUT2D eigenvalue weighted by Gasteiger charge is -2.31. The van der Waals surface area contributed by atoms with Gasteiger partial charge in [0.1, 0.15) is 0 Å². The van der Waals surface area contributed by atoms with Crippen LogP contribution >= 0.6 is 11.6 Å². The van der Waals surface area contributed by atoms with Crippen molar-refractivity contribution in [1.29, 1.82) is 0 Å². The number of halogens is 1. The fourth-order valence-electron chi connectivity index (χ4n) is 3.55. The Labute approximate surface area is 180 Å². The molecule has 0 radical (unpaired) electrons. The Hall–Kier alpha value is -0.860. The minimum atomic E-state index is -3.54. The van der Waals surface area contributed by atoms with E-state index < -0.39 is 10.2 Å². The van der Waals surface area contributed by atoms with Crippen LogP contribution in [0.2, 0.25) is 5.02 Å². The molecule has 164 valence electrons. The van der Waals surface area contributed by atoms with E-state index in [4.69, 9.17) is 16.3 Å². The summed E-state index contributed by atoms with van der Waals surface area (Å²) in [6.07, 6.45) is 9.24. The number of nitrogens with one attached hydrogen (secondary N) is 2. The van der Waals surface area contributed by atoms with E-state index in [9.17, 15) is 8.42 Å². The van der Waals surface area contributed by atoms with E-state index in [1.807, 2.05) is 0 Å². The van der Waals surface area contributed by atoms with Gasteiger partial charge in [0.15, 0.2) is 0 Å². The number of anilines is 1. The smallest absolute Gasteiger partial charge is 0.301 e. The van der Waals surface area contributed by atoms with Gasteiger partial charge in [-0.15, -0.1) is 0 Å². The van der Waals surface area contributed by atoms with Crippen LogP contribution in [0.25, 0.3) is 0 Å². The maximum atomic E-state index is 12.5. The Morgan fingerprint density at radius 1 is 1.00 bits per heavy atom. The monoisotopic (exact) mass is 443 g/mol. The van der Waals surface area contributed by atoms with Crippen LogP contribution in [-0.4, -0.2) is 51.6 Å². The molecule has 1 heterocycles. The topological polar surface area (TPSA) is 70.7 Å². The molecule has 2 aliphatic rings. The SMILES string of the molecule is O=S(=O)(Nc1ccc(Cl)cc1)N1CCC(OCCCCCCNCC2CC2)CC1. The molecule has 29 heavy (non-hydrogen) atoms. The van der Waals surface area contributed by atoms with E-state index in [1.54, 1.807) is 24.3 Å². The second-order valence-electron chi connectivity index (χ2n) is 8.14. The van der Waals surface area contributed by atoms with Gasteiger partial charge >= 0.3 is 10.2 Å². The molecule has 1 saturated carbocycles. The van der Waals surface area contributed by atoms with E-state index >= 15 is 0 Å². The van der Waals surface area contributed by atoms with Crippen molar-refractivity contribution in [2.45, 2.75) is 57.5 Å². The Balaban J connectivity index is 1.23. The number of unbranched alkanes of at least 4 members (excludes halogenated alkanes) is 3. The van der Waals surface area contributed by atoms with Crippen molar-refractivity contribution in [2.24, 2.45) is 5.92 Å². The molecule has 2 N–H and O–H groups in total.